The van der Waals surface area contributed by atoms with Crippen LogP contribution in [0.25, 0.3) is 0 Å². The van der Waals surface area contributed by atoms with Crippen molar-refractivity contribution in [3.05, 3.63) is 95.5 Å². The van der Waals surface area contributed by atoms with Gasteiger partial charge in [-0.2, -0.15) is 0 Å². The van der Waals surface area contributed by atoms with Gasteiger partial charge in [0.1, 0.15) is 11.7 Å². The minimum atomic E-state index is -0.535. The van der Waals surface area contributed by atoms with E-state index in [9.17, 15) is 9.59 Å². The Kier molecular flexibility index (Phi) is 10.4. The molecule has 1 fully saturated rings. The topological polar surface area (TPSA) is 73.8 Å². The van der Waals surface area contributed by atoms with Gasteiger partial charge in [0.15, 0.2) is 5.78 Å². The van der Waals surface area contributed by atoms with Crippen LogP contribution in [-0.2, 0) is 9.59 Å². The zero-order valence-corrected chi connectivity index (χ0v) is 25.8. The molecule has 4 aliphatic rings. The molecule has 2 N–H and O–H groups in total. The average molecular weight is 569 g/mol. The predicted molar refractivity (Wildman–Crippen MR) is 174 cm³/mol. The Morgan fingerprint density at radius 3 is 2.69 bits per heavy atom. The Balaban J connectivity index is 1.53. The lowest BCUT2D eigenvalue weighted by molar-refractivity contribution is -0.126. The Labute approximate surface area is 252 Å². The van der Waals surface area contributed by atoms with E-state index in [0.29, 0.717) is 25.3 Å². The van der Waals surface area contributed by atoms with Gasteiger partial charge < -0.3 is 10.6 Å². The molecule has 1 saturated carbocycles. The van der Waals surface area contributed by atoms with E-state index in [1.54, 1.807) is 11.0 Å². The molecule has 1 spiro atoms. The van der Waals surface area contributed by atoms with Crippen molar-refractivity contribution in [2.45, 2.75) is 83.6 Å². The number of Topliss-reactive ketones (excluding diaryl/α,β-unsaturated/α-hetero) is 1. The number of allylic oxidation sites excluding steroid dienone is 11. The van der Waals surface area contributed by atoms with Gasteiger partial charge in [0.05, 0.1) is 17.5 Å². The quantitative estimate of drug-likeness (QED) is 0.125. The van der Waals surface area contributed by atoms with Crippen molar-refractivity contribution in [1.82, 2.24) is 15.5 Å². The number of carbonyl (C=O) groups is 2. The highest BCUT2D eigenvalue weighted by Crippen LogP contribution is 2.51. The zero-order chi connectivity index (χ0) is 30.2. The molecule has 4 rings (SSSR count). The summed E-state index contributed by atoms with van der Waals surface area (Å²) in [7, 11) is 1.91. The van der Waals surface area contributed by atoms with Gasteiger partial charge in [0, 0.05) is 24.7 Å². The number of carbonyl (C=O) groups excluding carboxylic acids is 2. The number of hydrogen-bond acceptors (Lipinski definition) is 5. The van der Waals surface area contributed by atoms with E-state index >= 15 is 0 Å². The highest BCUT2D eigenvalue weighted by atomic mass is 16.1. The first-order chi connectivity index (χ1) is 20.3. The third-order valence-electron chi connectivity index (χ3n) is 9.13. The van der Waals surface area contributed by atoms with E-state index in [1.165, 1.54) is 16.7 Å². The summed E-state index contributed by atoms with van der Waals surface area (Å²) in [5.74, 6) is 1.86. The molecule has 0 unspecified atom stereocenters. The van der Waals surface area contributed by atoms with Gasteiger partial charge in [-0.05, 0) is 76.4 Å². The third-order valence-corrected chi connectivity index (χ3v) is 9.13. The van der Waals surface area contributed by atoms with Crippen LogP contribution in [-0.4, -0.2) is 48.6 Å². The summed E-state index contributed by atoms with van der Waals surface area (Å²) in [6.07, 6.45) is 26.8. The van der Waals surface area contributed by atoms with Crippen LogP contribution in [0.15, 0.2) is 100 Å². The summed E-state index contributed by atoms with van der Waals surface area (Å²) in [6, 6.07) is 0. The van der Waals surface area contributed by atoms with Gasteiger partial charge in [-0.1, -0.05) is 80.2 Å². The number of amides is 1. The number of amidine groups is 1. The second-order valence-electron chi connectivity index (χ2n) is 12.2. The normalized spacial score (nSPS) is 26.1. The first kappa shape index (κ1) is 31.3. The van der Waals surface area contributed by atoms with Gasteiger partial charge in [-0.15, -0.1) is 0 Å². The van der Waals surface area contributed by atoms with Crippen LogP contribution in [0.3, 0.4) is 0 Å². The molecule has 3 aliphatic carbocycles. The number of rotatable bonds is 11. The van der Waals surface area contributed by atoms with Gasteiger partial charge >= 0.3 is 0 Å². The molecule has 224 valence electrons. The highest BCUT2D eigenvalue weighted by Gasteiger charge is 2.48. The standard InChI is InChI=1S/C36H48N4O2/c1-6-8-15-27(3)34(39-35(4)19-11-12-20-35)40(26-41)21-13-17-28-16-9-10-18-29-23-36(24-30(29)22-28)31(14-7-2)33(37-5)38-25-32(36)42/h6-8,10,14-15,18,22,26,37-38H,1,3,9,11-13,16-17,19-21,23-25H2,2,4-5H3/b14-7-,15-8-,18-10-,28-22+,39-34?/t36-/m1/s1. The molecule has 0 radical (unpaired) electrons. The number of aliphatic imine (C=N–C) groups is 1. The van der Waals surface area contributed by atoms with E-state index in [4.69, 9.17) is 4.99 Å². The van der Waals surface area contributed by atoms with Crippen LogP contribution >= 0.6 is 0 Å². The van der Waals surface area contributed by atoms with Gasteiger partial charge in [0.2, 0.25) is 6.41 Å². The van der Waals surface area contributed by atoms with Crippen molar-refractivity contribution >= 4 is 18.0 Å². The molecule has 42 heavy (non-hydrogen) atoms. The summed E-state index contributed by atoms with van der Waals surface area (Å²) in [6.45, 7) is 13.1. The van der Waals surface area contributed by atoms with E-state index in [0.717, 1.165) is 81.2 Å². The molecule has 1 aliphatic heterocycles. The van der Waals surface area contributed by atoms with Crippen molar-refractivity contribution in [3.63, 3.8) is 0 Å². The monoisotopic (exact) mass is 568 g/mol. The van der Waals surface area contributed by atoms with Crippen LogP contribution in [0.2, 0.25) is 0 Å². The van der Waals surface area contributed by atoms with Gasteiger partial charge in [-0.25, -0.2) is 0 Å². The molecule has 0 aromatic rings. The Hall–Kier alpha value is -3.67. The van der Waals surface area contributed by atoms with E-state index in [-0.39, 0.29) is 11.3 Å². The summed E-state index contributed by atoms with van der Waals surface area (Å²) < 4.78 is 0. The molecule has 0 saturated heterocycles. The maximum absolute atomic E-state index is 13.5. The van der Waals surface area contributed by atoms with Crippen LogP contribution in [0, 0.1) is 5.41 Å². The fourth-order valence-electron chi connectivity index (χ4n) is 6.87. The molecule has 1 heterocycles. The zero-order valence-electron chi connectivity index (χ0n) is 25.8. The van der Waals surface area contributed by atoms with Crippen molar-refractivity contribution in [2.24, 2.45) is 10.4 Å². The maximum Gasteiger partial charge on any atom is 0.215 e. The van der Waals surface area contributed by atoms with Crippen molar-refractivity contribution < 1.29 is 9.59 Å². The number of ketones is 1. The van der Waals surface area contributed by atoms with E-state index in [2.05, 4.69) is 55.0 Å². The van der Waals surface area contributed by atoms with E-state index in [1.807, 2.05) is 32.2 Å². The number of hydrogen-bond donors (Lipinski definition) is 2. The summed E-state index contributed by atoms with van der Waals surface area (Å²) in [5.41, 5.74) is 4.98. The minimum absolute atomic E-state index is 0.156. The maximum atomic E-state index is 13.5. The largest absolute Gasteiger partial charge is 0.375 e. The molecule has 0 bridgehead atoms. The third kappa shape index (κ3) is 6.86. The summed E-state index contributed by atoms with van der Waals surface area (Å²) >= 11 is 0. The van der Waals surface area contributed by atoms with Gasteiger partial charge in [-0.3, -0.25) is 19.5 Å². The molecule has 0 aromatic heterocycles. The fourth-order valence-corrected chi connectivity index (χ4v) is 6.87. The van der Waals surface area contributed by atoms with Crippen LogP contribution in [0.1, 0.15) is 78.1 Å². The number of nitrogens with one attached hydrogen (secondary N) is 2. The van der Waals surface area contributed by atoms with Crippen LogP contribution in [0.4, 0.5) is 0 Å². The lowest BCUT2D eigenvalue weighted by atomic mass is 9.71. The van der Waals surface area contributed by atoms with Gasteiger partial charge in [0.25, 0.3) is 0 Å². The minimum Gasteiger partial charge on any atom is -0.375 e. The van der Waals surface area contributed by atoms with Crippen molar-refractivity contribution in [3.8, 4) is 0 Å². The van der Waals surface area contributed by atoms with Crippen molar-refractivity contribution in [2.75, 3.05) is 20.1 Å². The second-order valence-corrected chi connectivity index (χ2v) is 12.2. The van der Waals surface area contributed by atoms with E-state index < -0.39 is 5.41 Å². The van der Waals surface area contributed by atoms with Crippen molar-refractivity contribution in [1.29, 1.82) is 0 Å². The first-order valence-corrected chi connectivity index (χ1v) is 15.5. The highest BCUT2D eigenvalue weighted by molar-refractivity contribution is 6.05. The fraction of sp³-hybridized carbons (Fsp3) is 0.472. The molecule has 1 atom stereocenters. The molecule has 6 heteroatoms. The second kappa shape index (κ2) is 14.0. The Morgan fingerprint density at radius 2 is 2.00 bits per heavy atom. The van der Waals surface area contributed by atoms with Crippen LogP contribution in [0.5, 0.6) is 0 Å². The van der Waals surface area contributed by atoms with Crippen LogP contribution < -0.4 is 10.6 Å². The summed E-state index contributed by atoms with van der Waals surface area (Å²) in [4.78, 5) is 32.7. The lowest BCUT2D eigenvalue weighted by Crippen LogP contribution is -2.46. The predicted octanol–water partition coefficient (Wildman–Crippen LogP) is 6.79. The lowest BCUT2D eigenvalue weighted by Gasteiger charge is -2.36. The SMILES string of the molecule is C=C/C=C\C(=C)C(=NC1(C)CCCC1)N(C=O)CCC/C1=C/C2=C(/C=C\CC1)C[C@]1(C2)C(=O)CNC(NC)=C1/C=C\C. The average Bonchev–Trinajstić information content (AvgIpc) is 3.56. The molecular weight excluding hydrogens is 520 g/mol. The molecule has 1 amide bonds. The smallest absolute Gasteiger partial charge is 0.215 e. The molecule has 6 nitrogen and oxygen atoms in total. The summed E-state index contributed by atoms with van der Waals surface area (Å²) in [5, 5.41) is 6.55. The Morgan fingerprint density at radius 1 is 1.24 bits per heavy atom. The molecular formula is C36H48N4O2. The first-order valence-electron chi connectivity index (χ1n) is 15.5. The molecule has 0 aromatic carbocycles. The number of nitrogens with zero attached hydrogens (tertiary/aromatic N) is 2. The Bertz CT molecular complexity index is 1300.